The van der Waals surface area contributed by atoms with Crippen molar-refractivity contribution in [1.82, 2.24) is 9.97 Å². The van der Waals surface area contributed by atoms with E-state index in [1.165, 1.54) is 24.4 Å². The fourth-order valence-electron chi connectivity index (χ4n) is 3.34. The van der Waals surface area contributed by atoms with Crippen molar-refractivity contribution >= 4 is 10.9 Å². The maximum atomic E-state index is 13.7. The monoisotopic (exact) mass is 388 g/mol. The van der Waals surface area contributed by atoms with Crippen LogP contribution in [-0.4, -0.2) is 16.6 Å². The average Bonchev–Trinajstić information content (AvgIpc) is 2.65. The fraction of sp³-hybridized carbons (Fsp3) is 0.364. The lowest BCUT2D eigenvalue weighted by Crippen LogP contribution is -2.12. The lowest BCUT2D eigenvalue weighted by Gasteiger charge is -2.17. The third kappa shape index (κ3) is 4.61. The Kier molecular flexibility index (Phi) is 6.17. The maximum Gasteiger partial charge on any atom is 0.267 e. The minimum absolute atomic E-state index is 0.0823. The highest BCUT2D eigenvalue weighted by atomic mass is 19.3. The summed E-state index contributed by atoms with van der Waals surface area (Å²) in [7, 11) is 0. The first-order valence-electron chi connectivity index (χ1n) is 9.30. The van der Waals surface area contributed by atoms with Crippen LogP contribution in [0.1, 0.15) is 39.2 Å². The minimum Gasteiger partial charge on any atom is -0.491 e. The van der Waals surface area contributed by atoms with Crippen LogP contribution in [0.4, 0.5) is 13.2 Å². The molecule has 0 unspecified atom stereocenters. The highest BCUT2D eigenvalue weighted by Crippen LogP contribution is 2.34. The molecule has 3 nitrogen and oxygen atoms in total. The summed E-state index contributed by atoms with van der Waals surface area (Å²) in [5, 5.41) is 0.523. The Hall–Kier alpha value is -2.63. The number of pyridine rings is 2. The first-order valence-corrected chi connectivity index (χ1v) is 9.30. The summed E-state index contributed by atoms with van der Waals surface area (Å²) in [4.78, 5) is 8.49. The van der Waals surface area contributed by atoms with Gasteiger partial charge in [0.25, 0.3) is 6.43 Å². The number of halogens is 3. The second-order valence-electron chi connectivity index (χ2n) is 7.47. The van der Waals surface area contributed by atoms with Crippen LogP contribution >= 0.6 is 0 Å². The summed E-state index contributed by atoms with van der Waals surface area (Å²) in [5.74, 6) is 0.417. The molecule has 0 N–H and O–H groups in total. The van der Waals surface area contributed by atoms with Crippen molar-refractivity contribution in [2.24, 2.45) is 11.8 Å². The van der Waals surface area contributed by atoms with Gasteiger partial charge in [0, 0.05) is 17.1 Å². The fourth-order valence-corrected chi connectivity index (χ4v) is 3.34. The highest BCUT2D eigenvalue weighted by molar-refractivity contribution is 5.93. The van der Waals surface area contributed by atoms with Gasteiger partial charge in [-0.3, -0.25) is 9.97 Å². The van der Waals surface area contributed by atoms with E-state index >= 15 is 0 Å². The Bertz CT molecular complexity index is 960. The van der Waals surface area contributed by atoms with E-state index in [0.29, 0.717) is 34.7 Å². The van der Waals surface area contributed by atoms with E-state index in [4.69, 9.17) is 4.74 Å². The molecule has 0 fully saturated rings. The van der Waals surface area contributed by atoms with Crippen LogP contribution in [0.15, 0.2) is 42.7 Å². The van der Waals surface area contributed by atoms with Gasteiger partial charge in [0.1, 0.15) is 11.6 Å². The summed E-state index contributed by atoms with van der Waals surface area (Å²) in [6.07, 6.45) is 1.12. The summed E-state index contributed by atoms with van der Waals surface area (Å²) in [5.41, 5.74) is 1.23. The number of alkyl halides is 2. The number of nitrogens with zero attached hydrogens (tertiary/aromatic N) is 2. The Morgan fingerprint density at radius 2 is 1.82 bits per heavy atom. The van der Waals surface area contributed by atoms with Crippen molar-refractivity contribution in [2.75, 3.05) is 6.61 Å². The molecule has 0 radical (unpaired) electrons. The van der Waals surface area contributed by atoms with Gasteiger partial charge < -0.3 is 4.74 Å². The predicted octanol–water partition coefficient (Wildman–Crippen LogP) is 6.43. The second kappa shape index (κ2) is 8.59. The van der Waals surface area contributed by atoms with Gasteiger partial charge in [-0.1, -0.05) is 20.8 Å². The first kappa shape index (κ1) is 20.1. The van der Waals surface area contributed by atoms with Gasteiger partial charge in [0.05, 0.1) is 29.6 Å². The molecule has 2 aromatic heterocycles. The molecule has 0 aliphatic heterocycles. The standard InChI is InChI=1S/C22H23F3N2O/c1-13(2)8-14(3)12-28-21-11-27-20(10-18(21)22(24)25)16-6-7-26-19-5-4-15(23)9-17(16)19/h4-7,9-11,13-14,22H,8,12H2,1-3H3/t14-/m0/s1. The van der Waals surface area contributed by atoms with E-state index in [0.717, 1.165) is 6.42 Å². The van der Waals surface area contributed by atoms with Crippen LogP contribution in [-0.2, 0) is 0 Å². The zero-order valence-electron chi connectivity index (χ0n) is 16.1. The predicted molar refractivity (Wildman–Crippen MR) is 104 cm³/mol. The van der Waals surface area contributed by atoms with E-state index < -0.39 is 12.2 Å². The summed E-state index contributed by atoms with van der Waals surface area (Å²) < 4.78 is 46.6. The van der Waals surface area contributed by atoms with Crippen LogP contribution in [0.5, 0.6) is 5.75 Å². The van der Waals surface area contributed by atoms with Gasteiger partial charge in [-0.25, -0.2) is 13.2 Å². The molecule has 0 saturated heterocycles. The van der Waals surface area contributed by atoms with Crippen LogP contribution in [0.2, 0.25) is 0 Å². The summed E-state index contributed by atoms with van der Waals surface area (Å²) >= 11 is 0. The average molecular weight is 388 g/mol. The van der Waals surface area contributed by atoms with Crippen molar-refractivity contribution in [1.29, 1.82) is 0 Å². The van der Waals surface area contributed by atoms with Gasteiger partial charge in [-0.2, -0.15) is 0 Å². The Morgan fingerprint density at radius 3 is 2.54 bits per heavy atom. The molecule has 0 bridgehead atoms. The van der Waals surface area contributed by atoms with Crippen LogP contribution in [0.3, 0.4) is 0 Å². The minimum atomic E-state index is -2.71. The van der Waals surface area contributed by atoms with Crippen LogP contribution in [0.25, 0.3) is 22.2 Å². The molecule has 2 heterocycles. The number of aromatic nitrogens is 2. The van der Waals surface area contributed by atoms with Crippen LogP contribution < -0.4 is 4.74 Å². The van der Waals surface area contributed by atoms with Crippen molar-refractivity contribution in [3.63, 3.8) is 0 Å². The molecular weight excluding hydrogens is 365 g/mol. The van der Waals surface area contributed by atoms with Gasteiger partial charge in [-0.05, 0) is 48.6 Å². The van der Waals surface area contributed by atoms with Gasteiger partial charge in [0.2, 0.25) is 0 Å². The Labute approximate surface area is 162 Å². The quantitative estimate of drug-likeness (QED) is 0.467. The summed E-state index contributed by atoms with van der Waals surface area (Å²) in [6.45, 7) is 6.60. The zero-order valence-corrected chi connectivity index (χ0v) is 16.1. The molecule has 6 heteroatoms. The molecule has 148 valence electrons. The number of hydrogen-bond acceptors (Lipinski definition) is 3. The van der Waals surface area contributed by atoms with Crippen molar-refractivity contribution in [2.45, 2.75) is 33.6 Å². The maximum absolute atomic E-state index is 13.7. The molecule has 3 aromatic rings. The lowest BCUT2D eigenvalue weighted by molar-refractivity contribution is 0.142. The third-order valence-corrected chi connectivity index (χ3v) is 4.51. The van der Waals surface area contributed by atoms with Crippen molar-refractivity contribution < 1.29 is 17.9 Å². The zero-order chi connectivity index (χ0) is 20.3. The molecule has 1 atom stereocenters. The number of rotatable bonds is 7. The van der Waals surface area contributed by atoms with Crippen LogP contribution in [0, 0.1) is 17.7 Å². The van der Waals surface area contributed by atoms with Gasteiger partial charge >= 0.3 is 0 Å². The molecule has 0 saturated carbocycles. The van der Waals surface area contributed by atoms with E-state index in [1.54, 1.807) is 18.3 Å². The number of benzene rings is 1. The van der Waals surface area contributed by atoms with E-state index in [9.17, 15) is 13.2 Å². The Morgan fingerprint density at radius 1 is 1.04 bits per heavy atom. The number of hydrogen-bond donors (Lipinski definition) is 0. The molecule has 0 spiro atoms. The molecule has 28 heavy (non-hydrogen) atoms. The Balaban J connectivity index is 1.94. The van der Waals surface area contributed by atoms with E-state index in [2.05, 4.69) is 23.8 Å². The van der Waals surface area contributed by atoms with E-state index in [-0.39, 0.29) is 17.2 Å². The molecule has 0 aliphatic carbocycles. The third-order valence-electron chi connectivity index (χ3n) is 4.51. The number of fused-ring (bicyclic) bond motifs is 1. The topological polar surface area (TPSA) is 35.0 Å². The highest BCUT2D eigenvalue weighted by Gasteiger charge is 2.18. The second-order valence-corrected chi connectivity index (χ2v) is 7.47. The van der Waals surface area contributed by atoms with E-state index in [1.807, 2.05) is 6.92 Å². The smallest absolute Gasteiger partial charge is 0.267 e. The normalized spacial score (nSPS) is 12.7. The van der Waals surface area contributed by atoms with Gasteiger partial charge in [-0.15, -0.1) is 0 Å². The molecule has 0 amide bonds. The molecular formula is C22H23F3N2O. The lowest BCUT2D eigenvalue weighted by atomic mass is 10.00. The largest absolute Gasteiger partial charge is 0.491 e. The van der Waals surface area contributed by atoms with Crippen molar-refractivity contribution in [3.8, 4) is 17.0 Å². The molecule has 0 aliphatic rings. The SMILES string of the molecule is CC(C)C[C@H](C)COc1cnc(-c2ccnc3ccc(F)cc23)cc1C(F)F. The first-order chi connectivity index (χ1) is 13.3. The van der Waals surface area contributed by atoms with Crippen molar-refractivity contribution in [3.05, 3.63) is 54.1 Å². The van der Waals surface area contributed by atoms with Gasteiger partial charge in [0.15, 0.2) is 0 Å². The summed E-state index contributed by atoms with van der Waals surface area (Å²) in [6, 6.07) is 7.15. The molecule has 3 rings (SSSR count). The number of ether oxygens (including phenoxy) is 1. The molecule has 1 aromatic carbocycles.